The van der Waals surface area contributed by atoms with Gasteiger partial charge in [-0.1, -0.05) is 87.0 Å². The predicted molar refractivity (Wildman–Crippen MR) is 191 cm³/mol. The van der Waals surface area contributed by atoms with Crippen LogP contribution >= 0.6 is 0 Å². The largest absolute Gasteiger partial charge is 0.508 e. The predicted octanol–water partition coefficient (Wildman–Crippen LogP) is 4.90. The number of sulfonamides is 1. The highest BCUT2D eigenvalue weighted by Gasteiger charge is 2.34. The fourth-order valence-electron chi connectivity index (χ4n) is 5.80. The smallest absolute Gasteiger partial charge is 0.252 e. The van der Waals surface area contributed by atoms with Gasteiger partial charge in [0.05, 0.1) is 11.5 Å². The van der Waals surface area contributed by atoms with E-state index < -0.39 is 39.8 Å². The van der Waals surface area contributed by atoms with Crippen molar-refractivity contribution in [1.82, 2.24) is 14.9 Å². The number of aliphatic hydroxyl groups is 1. The summed E-state index contributed by atoms with van der Waals surface area (Å²) < 4.78 is 28.6. The monoisotopic (exact) mass is 686 g/mol. The molecule has 0 radical (unpaired) electrons. The molecule has 49 heavy (non-hydrogen) atoms. The third-order valence-electron chi connectivity index (χ3n) is 8.24. The Kier molecular flexibility index (Phi) is 13.3. The molecule has 2 amide bonds. The summed E-state index contributed by atoms with van der Waals surface area (Å²) in [6, 6.07) is 29.2. The molecule has 6 N–H and O–H groups in total. The van der Waals surface area contributed by atoms with Crippen LogP contribution in [0.3, 0.4) is 0 Å². The summed E-state index contributed by atoms with van der Waals surface area (Å²) in [6.07, 6.45) is 1.41. The highest BCUT2D eigenvalue weighted by atomic mass is 32.2. The maximum atomic E-state index is 13.9. The third kappa shape index (κ3) is 10.1. The number of aromatic hydroxyl groups is 1. The minimum absolute atomic E-state index is 0.0195. The number of carbonyl (C=O) groups is 2. The summed E-state index contributed by atoms with van der Waals surface area (Å²) in [5, 5.41) is 26.2. The van der Waals surface area contributed by atoms with Gasteiger partial charge >= 0.3 is 0 Å². The Morgan fingerprint density at radius 2 is 1.45 bits per heavy atom. The number of nitrogens with two attached hydrogens (primary N) is 1. The topological polar surface area (TPSA) is 162 Å². The third-order valence-corrected chi connectivity index (χ3v) is 10.2. The number of unbranched alkanes of at least 4 members (excludes halogenated alkanes) is 1. The second-order valence-corrected chi connectivity index (χ2v) is 14.4. The SMILES string of the molecule is CC(C)CN(C(CO)CCCCNC(=O)C(NC(=O)c1cccc(O)c1)C(c1ccccc1)c1ccccc1)S(=O)(=O)c1ccc(N)cc1. The maximum Gasteiger partial charge on any atom is 0.252 e. The number of rotatable bonds is 17. The van der Waals surface area contributed by atoms with E-state index in [1.165, 1.54) is 40.7 Å². The zero-order valence-electron chi connectivity index (χ0n) is 27.9. The van der Waals surface area contributed by atoms with Gasteiger partial charge < -0.3 is 26.6 Å². The summed E-state index contributed by atoms with van der Waals surface area (Å²) in [4.78, 5) is 27.5. The van der Waals surface area contributed by atoms with Crippen molar-refractivity contribution >= 4 is 27.5 Å². The first-order valence-electron chi connectivity index (χ1n) is 16.5. The molecular formula is C38H46N4O6S. The summed E-state index contributed by atoms with van der Waals surface area (Å²) in [6.45, 7) is 3.98. The lowest BCUT2D eigenvalue weighted by molar-refractivity contribution is -0.123. The lowest BCUT2D eigenvalue weighted by Gasteiger charge is -2.31. The van der Waals surface area contributed by atoms with Crippen LogP contribution in [0.4, 0.5) is 5.69 Å². The Morgan fingerprint density at radius 3 is 2.00 bits per heavy atom. The van der Waals surface area contributed by atoms with Gasteiger partial charge in [-0.2, -0.15) is 4.31 Å². The number of hydrogen-bond acceptors (Lipinski definition) is 7. The fraction of sp³-hybridized carbons (Fsp3) is 0.316. The van der Waals surface area contributed by atoms with Crippen LogP contribution in [-0.4, -0.2) is 66.5 Å². The van der Waals surface area contributed by atoms with Gasteiger partial charge in [-0.15, -0.1) is 0 Å². The molecule has 11 heteroatoms. The molecule has 2 atom stereocenters. The van der Waals surface area contributed by atoms with Gasteiger partial charge in [0.2, 0.25) is 15.9 Å². The van der Waals surface area contributed by atoms with Crippen LogP contribution in [0, 0.1) is 5.92 Å². The second kappa shape index (κ2) is 17.6. The van der Waals surface area contributed by atoms with Crippen molar-refractivity contribution in [3.8, 4) is 5.75 Å². The number of nitrogens with zero attached hydrogens (tertiary/aromatic N) is 1. The number of hydrogen-bond donors (Lipinski definition) is 5. The quantitative estimate of drug-likeness (QED) is 0.0780. The van der Waals surface area contributed by atoms with Crippen molar-refractivity contribution in [2.75, 3.05) is 25.4 Å². The van der Waals surface area contributed by atoms with E-state index in [9.17, 15) is 28.2 Å². The zero-order chi connectivity index (χ0) is 35.4. The van der Waals surface area contributed by atoms with E-state index in [2.05, 4.69) is 10.6 Å². The van der Waals surface area contributed by atoms with Crippen LogP contribution in [0.15, 0.2) is 114 Å². The molecule has 0 aliphatic carbocycles. The highest BCUT2D eigenvalue weighted by molar-refractivity contribution is 7.89. The first-order chi connectivity index (χ1) is 23.5. The van der Waals surface area contributed by atoms with Gasteiger partial charge in [0.15, 0.2) is 0 Å². The first kappa shape index (κ1) is 37.1. The van der Waals surface area contributed by atoms with E-state index >= 15 is 0 Å². The van der Waals surface area contributed by atoms with Crippen LogP contribution in [0.2, 0.25) is 0 Å². The Morgan fingerprint density at radius 1 is 0.837 bits per heavy atom. The number of nitrogens with one attached hydrogen (secondary N) is 2. The van der Waals surface area contributed by atoms with Gasteiger partial charge in [-0.25, -0.2) is 8.42 Å². The fourth-order valence-corrected chi connectivity index (χ4v) is 7.61. The molecule has 0 aliphatic rings. The van der Waals surface area contributed by atoms with E-state index in [-0.39, 0.29) is 41.8 Å². The Labute approximate surface area is 289 Å². The standard InChI is InChI=1S/C38H46N4O6S/c1-27(2)25-42(49(47,48)34-21-19-31(39)20-22-34)32(26-43)17-9-10-23-40-38(46)36(41-37(45)30-16-11-18-33(44)24-30)35(28-12-5-3-6-13-28)29-14-7-4-8-15-29/h3-8,11-16,18-22,24,27,32,35-36,43-44H,9-10,17,23,25-26,39H2,1-2H3,(H,40,46)(H,41,45). The van der Waals surface area contributed by atoms with E-state index in [4.69, 9.17) is 5.73 Å². The molecule has 0 spiro atoms. The number of benzene rings is 4. The van der Waals surface area contributed by atoms with Crippen LogP contribution in [0.5, 0.6) is 5.75 Å². The van der Waals surface area contributed by atoms with Crippen molar-refractivity contribution in [3.05, 3.63) is 126 Å². The molecule has 2 unspecified atom stereocenters. The lowest BCUT2D eigenvalue weighted by atomic mass is 9.84. The van der Waals surface area contributed by atoms with E-state index in [0.29, 0.717) is 24.9 Å². The normalized spacial score (nSPS) is 12.9. The van der Waals surface area contributed by atoms with Crippen molar-refractivity contribution in [3.63, 3.8) is 0 Å². The summed E-state index contributed by atoms with van der Waals surface area (Å²) in [7, 11) is -3.90. The Hall–Kier alpha value is -4.71. The highest BCUT2D eigenvalue weighted by Crippen LogP contribution is 2.29. The van der Waals surface area contributed by atoms with Gasteiger partial charge in [-0.05, 0) is 72.4 Å². The molecule has 4 rings (SSSR count). The van der Waals surface area contributed by atoms with Gasteiger partial charge in [-0.3, -0.25) is 9.59 Å². The van der Waals surface area contributed by atoms with Crippen molar-refractivity contribution < 1.29 is 28.2 Å². The molecule has 0 heterocycles. The molecule has 0 aliphatic heterocycles. The minimum atomic E-state index is -3.90. The summed E-state index contributed by atoms with van der Waals surface area (Å²) >= 11 is 0. The van der Waals surface area contributed by atoms with Gasteiger partial charge in [0.25, 0.3) is 5.91 Å². The van der Waals surface area contributed by atoms with E-state index in [1.54, 1.807) is 12.1 Å². The molecule has 4 aromatic carbocycles. The molecular weight excluding hydrogens is 641 g/mol. The molecule has 260 valence electrons. The average molecular weight is 687 g/mol. The summed E-state index contributed by atoms with van der Waals surface area (Å²) in [5.74, 6) is -1.47. The number of anilines is 1. The number of nitrogen functional groups attached to an aromatic ring is 1. The van der Waals surface area contributed by atoms with Gasteiger partial charge in [0, 0.05) is 36.3 Å². The number of phenolic OH excluding ortho intramolecular Hbond substituents is 1. The number of aliphatic hydroxyl groups excluding tert-OH is 1. The number of carbonyl (C=O) groups excluding carboxylic acids is 2. The Balaban J connectivity index is 1.49. The molecule has 0 fully saturated rings. The molecule has 0 saturated carbocycles. The molecule has 0 saturated heterocycles. The van der Waals surface area contributed by atoms with Crippen molar-refractivity contribution in [2.24, 2.45) is 5.92 Å². The van der Waals surface area contributed by atoms with E-state index in [1.807, 2.05) is 74.5 Å². The first-order valence-corrected chi connectivity index (χ1v) is 17.9. The average Bonchev–Trinajstić information content (AvgIpc) is 3.09. The second-order valence-electron chi connectivity index (χ2n) is 12.5. The van der Waals surface area contributed by atoms with E-state index in [0.717, 1.165) is 11.1 Å². The molecule has 0 aromatic heterocycles. The van der Waals surface area contributed by atoms with Crippen LogP contribution < -0.4 is 16.4 Å². The van der Waals surface area contributed by atoms with Crippen LogP contribution in [0.25, 0.3) is 0 Å². The van der Waals surface area contributed by atoms with Gasteiger partial charge in [0.1, 0.15) is 11.8 Å². The van der Waals surface area contributed by atoms with Crippen molar-refractivity contribution in [2.45, 2.75) is 56.0 Å². The van der Waals surface area contributed by atoms with Crippen molar-refractivity contribution in [1.29, 1.82) is 0 Å². The molecule has 4 aromatic rings. The van der Waals surface area contributed by atoms with Crippen LogP contribution in [0.1, 0.15) is 60.5 Å². The zero-order valence-corrected chi connectivity index (χ0v) is 28.7. The van der Waals surface area contributed by atoms with Crippen LogP contribution in [-0.2, 0) is 14.8 Å². The number of phenols is 1. The minimum Gasteiger partial charge on any atom is -0.508 e. The lowest BCUT2D eigenvalue weighted by Crippen LogP contribution is -2.50. The molecule has 10 nitrogen and oxygen atoms in total. The number of amides is 2. The Bertz CT molecular complexity index is 1710. The summed E-state index contributed by atoms with van der Waals surface area (Å²) in [5.41, 5.74) is 8.11. The maximum absolute atomic E-state index is 13.9. The molecule has 0 bridgehead atoms.